The van der Waals surface area contributed by atoms with Crippen LogP contribution in [-0.4, -0.2) is 18.5 Å². The average Bonchev–Trinajstić information content (AvgIpc) is 2.16. The molecule has 1 unspecified atom stereocenters. The molecular formula is C10H11ClO2. The first kappa shape index (κ1) is 10.1. The molecule has 0 amide bonds. The highest BCUT2D eigenvalue weighted by Gasteiger charge is 2.05. The Hall–Kier alpha value is -1.02. The van der Waals surface area contributed by atoms with Crippen molar-refractivity contribution in [1.29, 1.82) is 0 Å². The van der Waals surface area contributed by atoms with Gasteiger partial charge in [0.15, 0.2) is 0 Å². The minimum atomic E-state index is -0.146. The van der Waals surface area contributed by atoms with Crippen molar-refractivity contribution < 1.29 is 9.53 Å². The van der Waals surface area contributed by atoms with E-state index in [9.17, 15) is 4.79 Å². The summed E-state index contributed by atoms with van der Waals surface area (Å²) >= 11 is 5.91. The van der Waals surface area contributed by atoms with E-state index in [2.05, 4.69) is 4.74 Å². The zero-order valence-electron chi connectivity index (χ0n) is 7.15. The lowest BCUT2D eigenvalue weighted by Crippen LogP contribution is -2.11. The van der Waals surface area contributed by atoms with Crippen LogP contribution in [0.15, 0.2) is 30.3 Å². The van der Waals surface area contributed by atoms with Crippen LogP contribution >= 0.6 is 11.6 Å². The summed E-state index contributed by atoms with van der Waals surface area (Å²) in [6.07, 6.45) is 0.718. The van der Waals surface area contributed by atoms with E-state index in [4.69, 9.17) is 11.6 Å². The molecule has 0 aliphatic rings. The molecule has 0 aromatic heterocycles. The molecule has 0 bridgehead atoms. The summed E-state index contributed by atoms with van der Waals surface area (Å²) in [5, 5.41) is -0.146. The third kappa shape index (κ3) is 3.95. The molecule has 1 aromatic rings. The average molecular weight is 199 g/mol. The fraction of sp³-hybridized carbons (Fsp3) is 0.300. The van der Waals surface area contributed by atoms with Crippen molar-refractivity contribution in [2.75, 3.05) is 6.61 Å². The molecule has 1 aromatic carbocycles. The Labute approximate surface area is 82.5 Å². The number of carbonyl (C=O) groups excluding carboxylic acids is 1. The summed E-state index contributed by atoms with van der Waals surface area (Å²) in [6, 6.07) is 9.86. The summed E-state index contributed by atoms with van der Waals surface area (Å²) in [4.78, 5) is 9.88. The third-order valence-corrected chi connectivity index (χ3v) is 1.93. The van der Waals surface area contributed by atoms with E-state index in [0.717, 1.165) is 12.0 Å². The number of alkyl halides is 1. The van der Waals surface area contributed by atoms with Gasteiger partial charge in [0, 0.05) is 0 Å². The zero-order valence-corrected chi connectivity index (χ0v) is 7.91. The highest BCUT2D eigenvalue weighted by molar-refractivity contribution is 6.20. The monoisotopic (exact) mass is 198 g/mol. The van der Waals surface area contributed by atoms with E-state index in [0.29, 0.717) is 6.47 Å². The van der Waals surface area contributed by atoms with Gasteiger partial charge in [-0.3, -0.25) is 4.79 Å². The molecule has 0 spiro atoms. The van der Waals surface area contributed by atoms with Crippen molar-refractivity contribution in [2.24, 2.45) is 0 Å². The predicted octanol–water partition coefficient (Wildman–Crippen LogP) is 2.01. The highest BCUT2D eigenvalue weighted by Crippen LogP contribution is 2.07. The van der Waals surface area contributed by atoms with Crippen LogP contribution in [0.4, 0.5) is 0 Å². The van der Waals surface area contributed by atoms with Crippen molar-refractivity contribution in [2.45, 2.75) is 11.8 Å². The topological polar surface area (TPSA) is 26.3 Å². The van der Waals surface area contributed by atoms with Crippen LogP contribution in [0.3, 0.4) is 0 Å². The van der Waals surface area contributed by atoms with Gasteiger partial charge in [-0.2, -0.15) is 0 Å². The molecule has 0 radical (unpaired) electrons. The van der Waals surface area contributed by atoms with Crippen LogP contribution < -0.4 is 0 Å². The third-order valence-electron chi connectivity index (χ3n) is 1.65. The van der Waals surface area contributed by atoms with Gasteiger partial charge in [0.2, 0.25) is 0 Å². The SMILES string of the molecule is O=COCC(Cl)Cc1ccccc1. The van der Waals surface area contributed by atoms with Gasteiger partial charge < -0.3 is 4.74 Å². The summed E-state index contributed by atoms with van der Waals surface area (Å²) in [6.45, 7) is 0.681. The Morgan fingerprint density at radius 2 is 2.08 bits per heavy atom. The number of halogens is 1. The second-order valence-corrected chi connectivity index (χ2v) is 3.33. The minimum absolute atomic E-state index is 0.146. The molecule has 0 N–H and O–H groups in total. The Bertz CT molecular complexity index is 248. The molecule has 13 heavy (non-hydrogen) atoms. The van der Waals surface area contributed by atoms with Gasteiger partial charge in [0.1, 0.15) is 6.61 Å². The number of ether oxygens (including phenoxy) is 1. The second-order valence-electron chi connectivity index (χ2n) is 2.72. The van der Waals surface area contributed by atoms with Crippen molar-refractivity contribution in [3.05, 3.63) is 35.9 Å². The standard InChI is InChI=1S/C10H11ClO2/c11-10(7-13-8-12)6-9-4-2-1-3-5-9/h1-5,8,10H,6-7H2. The van der Waals surface area contributed by atoms with E-state index in [1.165, 1.54) is 0 Å². The second kappa shape index (κ2) is 5.60. The normalized spacial score (nSPS) is 12.1. The number of hydrogen-bond acceptors (Lipinski definition) is 2. The van der Waals surface area contributed by atoms with Crippen molar-refractivity contribution >= 4 is 18.1 Å². The predicted molar refractivity (Wildman–Crippen MR) is 51.8 cm³/mol. The molecule has 0 aliphatic heterocycles. The number of carbonyl (C=O) groups is 1. The number of benzene rings is 1. The molecule has 0 saturated carbocycles. The fourth-order valence-corrected chi connectivity index (χ4v) is 1.32. The van der Waals surface area contributed by atoms with Crippen molar-refractivity contribution in [1.82, 2.24) is 0 Å². The molecule has 1 atom stereocenters. The van der Waals surface area contributed by atoms with Crippen LogP contribution in [0.25, 0.3) is 0 Å². The minimum Gasteiger partial charge on any atom is -0.466 e. The van der Waals surface area contributed by atoms with Crippen LogP contribution in [0.2, 0.25) is 0 Å². The molecule has 0 heterocycles. The molecule has 2 nitrogen and oxygen atoms in total. The van der Waals surface area contributed by atoms with E-state index in [1.54, 1.807) is 0 Å². The van der Waals surface area contributed by atoms with Crippen molar-refractivity contribution in [3.8, 4) is 0 Å². The Kier molecular flexibility index (Phi) is 4.33. The van der Waals surface area contributed by atoms with Gasteiger partial charge in [-0.1, -0.05) is 30.3 Å². The lowest BCUT2D eigenvalue weighted by molar-refractivity contribution is -0.128. The quantitative estimate of drug-likeness (QED) is 0.535. The molecule has 0 fully saturated rings. The molecule has 1 rings (SSSR count). The summed E-state index contributed by atoms with van der Waals surface area (Å²) in [5.74, 6) is 0. The molecule has 3 heteroatoms. The number of hydrogen-bond donors (Lipinski definition) is 0. The van der Waals surface area contributed by atoms with Crippen LogP contribution in [0.1, 0.15) is 5.56 Å². The Balaban J connectivity index is 2.36. The maximum atomic E-state index is 9.88. The summed E-state index contributed by atoms with van der Waals surface area (Å²) < 4.78 is 4.55. The Morgan fingerprint density at radius 1 is 1.38 bits per heavy atom. The first-order chi connectivity index (χ1) is 6.33. The smallest absolute Gasteiger partial charge is 0.293 e. The van der Waals surface area contributed by atoms with Gasteiger partial charge in [0.05, 0.1) is 5.38 Å². The van der Waals surface area contributed by atoms with Crippen molar-refractivity contribution in [3.63, 3.8) is 0 Å². The fourth-order valence-electron chi connectivity index (χ4n) is 1.07. The van der Waals surface area contributed by atoms with Crippen LogP contribution in [-0.2, 0) is 16.0 Å². The largest absolute Gasteiger partial charge is 0.466 e. The number of rotatable bonds is 5. The highest BCUT2D eigenvalue weighted by atomic mass is 35.5. The van der Waals surface area contributed by atoms with Gasteiger partial charge >= 0.3 is 0 Å². The summed E-state index contributed by atoms with van der Waals surface area (Å²) in [5.41, 5.74) is 1.15. The van der Waals surface area contributed by atoms with E-state index < -0.39 is 0 Å². The lowest BCUT2D eigenvalue weighted by atomic mass is 10.1. The van der Waals surface area contributed by atoms with Gasteiger partial charge in [-0.15, -0.1) is 11.6 Å². The van der Waals surface area contributed by atoms with Gasteiger partial charge in [-0.05, 0) is 12.0 Å². The van der Waals surface area contributed by atoms with Gasteiger partial charge in [-0.25, -0.2) is 0 Å². The molecule has 70 valence electrons. The molecule has 0 saturated heterocycles. The van der Waals surface area contributed by atoms with E-state index in [-0.39, 0.29) is 12.0 Å². The van der Waals surface area contributed by atoms with Gasteiger partial charge in [0.25, 0.3) is 6.47 Å². The van der Waals surface area contributed by atoms with Crippen LogP contribution in [0.5, 0.6) is 0 Å². The van der Waals surface area contributed by atoms with E-state index >= 15 is 0 Å². The lowest BCUT2D eigenvalue weighted by Gasteiger charge is -2.07. The first-order valence-electron chi connectivity index (χ1n) is 4.06. The maximum absolute atomic E-state index is 9.88. The zero-order chi connectivity index (χ0) is 9.52. The molecule has 0 aliphatic carbocycles. The molecular weight excluding hydrogens is 188 g/mol. The summed E-state index contributed by atoms with van der Waals surface area (Å²) in [7, 11) is 0. The maximum Gasteiger partial charge on any atom is 0.293 e. The first-order valence-corrected chi connectivity index (χ1v) is 4.50. The van der Waals surface area contributed by atoms with E-state index in [1.807, 2.05) is 30.3 Å². The Morgan fingerprint density at radius 3 is 2.69 bits per heavy atom. The van der Waals surface area contributed by atoms with Crippen LogP contribution in [0, 0.1) is 0 Å².